The van der Waals surface area contributed by atoms with E-state index in [9.17, 15) is 13.6 Å². The topological polar surface area (TPSA) is 76.4 Å². The smallest absolute Gasteiger partial charge is 0.387 e. The summed E-state index contributed by atoms with van der Waals surface area (Å²) < 4.78 is 31.1. The van der Waals surface area contributed by atoms with E-state index in [0.717, 1.165) is 10.9 Å². The average molecular weight is 457 g/mol. The van der Waals surface area contributed by atoms with E-state index in [2.05, 4.69) is 20.0 Å². The molecule has 0 fully saturated rings. The summed E-state index contributed by atoms with van der Waals surface area (Å²) in [6.45, 7) is -2.75. The highest BCUT2D eigenvalue weighted by atomic mass is 35.5. The van der Waals surface area contributed by atoms with Gasteiger partial charge in [-0.2, -0.15) is 13.9 Å². The van der Waals surface area contributed by atoms with Gasteiger partial charge >= 0.3 is 12.6 Å². The molecule has 2 aromatic carbocycles. The number of carbonyl (C=O) groups is 1. The van der Waals surface area contributed by atoms with Gasteiger partial charge in [-0.25, -0.2) is 4.79 Å². The van der Waals surface area contributed by atoms with E-state index in [1.54, 1.807) is 21.7 Å². The molecule has 1 aliphatic heterocycles. The summed E-state index contributed by atoms with van der Waals surface area (Å²) in [5.74, 6) is -0.0156. The first-order valence-electron chi connectivity index (χ1n) is 9.51. The van der Waals surface area contributed by atoms with Crippen LogP contribution in [0.25, 0.3) is 10.9 Å². The van der Waals surface area contributed by atoms with E-state index in [1.807, 2.05) is 25.4 Å². The predicted octanol–water partition coefficient (Wildman–Crippen LogP) is 4.90. The van der Waals surface area contributed by atoms with Gasteiger partial charge in [-0.15, -0.1) is 10.2 Å². The fourth-order valence-electron chi connectivity index (χ4n) is 3.66. The van der Waals surface area contributed by atoms with E-state index in [-0.39, 0.29) is 23.5 Å². The number of rotatable bonds is 4. The molecule has 8 nitrogen and oxygen atoms in total. The van der Waals surface area contributed by atoms with Crippen LogP contribution >= 0.6 is 11.6 Å². The summed E-state index contributed by atoms with van der Waals surface area (Å²) in [6, 6.07) is 12.5. The van der Waals surface area contributed by atoms with Crippen molar-refractivity contribution in [2.45, 2.75) is 13.2 Å². The van der Waals surface area contributed by atoms with Gasteiger partial charge in [0.2, 0.25) is 0 Å². The summed E-state index contributed by atoms with van der Waals surface area (Å²) >= 11 is 6.04. The molecule has 0 N–H and O–H groups in total. The minimum atomic E-state index is -2.94. The molecule has 2 aromatic heterocycles. The summed E-state index contributed by atoms with van der Waals surface area (Å²) in [6.07, 6.45) is 1.86. The van der Waals surface area contributed by atoms with Crippen LogP contribution in [0.2, 0.25) is 5.15 Å². The lowest BCUT2D eigenvalue weighted by Crippen LogP contribution is -2.45. The van der Waals surface area contributed by atoms with Gasteiger partial charge in [-0.3, -0.25) is 14.5 Å². The zero-order chi connectivity index (χ0) is 22.4. The Morgan fingerprint density at radius 1 is 1.06 bits per heavy atom. The highest BCUT2D eigenvalue weighted by molar-refractivity contribution is 6.29. The first kappa shape index (κ1) is 20.1. The second-order valence-electron chi connectivity index (χ2n) is 7.12. The Morgan fingerprint density at radius 3 is 2.56 bits per heavy atom. The molecule has 0 spiro atoms. The lowest BCUT2D eigenvalue weighted by molar-refractivity contribution is -0.0498. The molecule has 0 saturated heterocycles. The van der Waals surface area contributed by atoms with Crippen molar-refractivity contribution in [3.05, 3.63) is 65.6 Å². The standard InChI is InChI=1S/C21H15ClF2N6O2/c1-28-10-12-8-14(4-7-16(12)27-28)29-11-17-18(9-19(22)26-25-17)30(21(29)31)13-2-5-15(6-3-13)32-20(23)24/h2-10,20H,11H2,1H3. The molecule has 32 heavy (non-hydrogen) atoms. The van der Waals surface area contributed by atoms with Crippen LogP contribution in [0, 0.1) is 0 Å². The molecule has 0 unspecified atom stereocenters. The number of aromatic nitrogens is 4. The maximum Gasteiger partial charge on any atom is 0.387 e. The van der Waals surface area contributed by atoms with Gasteiger partial charge in [-0.1, -0.05) is 11.6 Å². The molecule has 1 aliphatic rings. The largest absolute Gasteiger partial charge is 0.435 e. The Balaban J connectivity index is 1.58. The maximum atomic E-state index is 13.6. The number of benzene rings is 2. The number of amides is 2. The Bertz CT molecular complexity index is 1330. The minimum Gasteiger partial charge on any atom is -0.435 e. The summed E-state index contributed by atoms with van der Waals surface area (Å²) in [5.41, 5.74) is 2.90. The Hall–Kier alpha value is -3.79. The Morgan fingerprint density at radius 2 is 1.81 bits per heavy atom. The fourth-order valence-corrected chi connectivity index (χ4v) is 3.81. The van der Waals surface area contributed by atoms with Gasteiger partial charge < -0.3 is 4.74 Å². The molecule has 3 heterocycles. The number of anilines is 3. The van der Waals surface area contributed by atoms with Crippen molar-refractivity contribution in [2.75, 3.05) is 9.80 Å². The zero-order valence-electron chi connectivity index (χ0n) is 16.6. The quantitative estimate of drug-likeness (QED) is 0.436. The van der Waals surface area contributed by atoms with E-state index >= 15 is 0 Å². The third-order valence-corrected chi connectivity index (χ3v) is 5.21. The number of hydrogen-bond donors (Lipinski definition) is 0. The van der Waals surface area contributed by atoms with Crippen molar-refractivity contribution < 1.29 is 18.3 Å². The molecular weight excluding hydrogens is 442 g/mol. The van der Waals surface area contributed by atoms with Gasteiger partial charge in [0.05, 0.1) is 23.4 Å². The van der Waals surface area contributed by atoms with Gasteiger partial charge in [0.15, 0.2) is 5.15 Å². The van der Waals surface area contributed by atoms with Gasteiger partial charge in [0.25, 0.3) is 0 Å². The average Bonchev–Trinajstić information content (AvgIpc) is 3.13. The second kappa shape index (κ2) is 7.72. The van der Waals surface area contributed by atoms with E-state index in [4.69, 9.17) is 11.6 Å². The summed E-state index contributed by atoms with van der Waals surface area (Å²) in [7, 11) is 1.82. The van der Waals surface area contributed by atoms with Crippen molar-refractivity contribution in [1.82, 2.24) is 20.0 Å². The van der Waals surface area contributed by atoms with Crippen molar-refractivity contribution in [3.63, 3.8) is 0 Å². The highest BCUT2D eigenvalue weighted by Crippen LogP contribution is 2.38. The minimum absolute atomic E-state index is 0.0156. The number of urea groups is 1. The monoisotopic (exact) mass is 456 g/mol. The SMILES string of the molecule is Cn1cc2cc(N3Cc4nnc(Cl)cc4N(c4ccc(OC(F)F)cc4)C3=O)ccc2n1. The number of halogens is 3. The normalized spacial score (nSPS) is 13.7. The molecule has 0 radical (unpaired) electrons. The number of carbonyl (C=O) groups excluding carboxylic acids is 1. The van der Waals surface area contributed by atoms with Crippen LogP contribution in [-0.2, 0) is 13.6 Å². The van der Waals surface area contributed by atoms with Gasteiger partial charge in [0, 0.05) is 30.4 Å². The van der Waals surface area contributed by atoms with Gasteiger partial charge in [0.1, 0.15) is 11.4 Å². The van der Waals surface area contributed by atoms with E-state index < -0.39 is 6.61 Å². The van der Waals surface area contributed by atoms with Crippen LogP contribution in [0.5, 0.6) is 5.75 Å². The molecule has 5 rings (SSSR count). The predicted molar refractivity (Wildman–Crippen MR) is 115 cm³/mol. The van der Waals surface area contributed by atoms with Crippen molar-refractivity contribution in [1.29, 1.82) is 0 Å². The van der Waals surface area contributed by atoms with Crippen LogP contribution in [0.1, 0.15) is 5.69 Å². The molecule has 162 valence electrons. The first-order chi connectivity index (χ1) is 15.4. The van der Waals surface area contributed by atoms with Crippen LogP contribution in [0.4, 0.5) is 30.6 Å². The van der Waals surface area contributed by atoms with Crippen LogP contribution in [-0.4, -0.2) is 32.6 Å². The van der Waals surface area contributed by atoms with Crippen LogP contribution in [0.3, 0.4) is 0 Å². The third-order valence-electron chi connectivity index (χ3n) is 5.02. The molecular formula is C21H15ClF2N6O2. The van der Waals surface area contributed by atoms with Crippen molar-refractivity contribution in [3.8, 4) is 5.75 Å². The molecule has 0 saturated carbocycles. The number of alkyl halides is 2. The molecule has 2 amide bonds. The first-order valence-corrected chi connectivity index (χ1v) is 9.89. The fraction of sp³-hybridized carbons (Fsp3) is 0.143. The number of aryl methyl sites for hydroxylation is 1. The third kappa shape index (κ3) is 3.58. The number of nitrogens with zero attached hydrogens (tertiary/aromatic N) is 6. The number of ether oxygens (including phenoxy) is 1. The van der Waals surface area contributed by atoms with E-state index in [1.165, 1.54) is 29.2 Å². The van der Waals surface area contributed by atoms with Crippen molar-refractivity contribution in [2.24, 2.45) is 7.05 Å². The lowest BCUT2D eigenvalue weighted by Gasteiger charge is -2.36. The Kier molecular flexibility index (Phi) is 4.86. The second-order valence-corrected chi connectivity index (χ2v) is 7.51. The number of fused-ring (bicyclic) bond motifs is 2. The zero-order valence-corrected chi connectivity index (χ0v) is 17.4. The molecule has 4 aromatic rings. The van der Waals surface area contributed by atoms with E-state index in [0.29, 0.717) is 22.8 Å². The Labute approximate surface area is 185 Å². The summed E-state index contributed by atoms with van der Waals surface area (Å²) in [5, 5.41) is 13.4. The van der Waals surface area contributed by atoms with Gasteiger partial charge in [-0.05, 0) is 42.5 Å². The number of hydrogen-bond acceptors (Lipinski definition) is 5. The highest BCUT2D eigenvalue weighted by Gasteiger charge is 2.34. The van der Waals surface area contributed by atoms with Crippen LogP contribution < -0.4 is 14.5 Å². The molecule has 11 heteroatoms. The summed E-state index contributed by atoms with van der Waals surface area (Å²) in [4.78, 5) is 16.6. The molecule has 0 aliphatic carbocycles. The van der Waals surface area contributed by atoms with Crippen molar-refractivity contribution >= 4 is 45.6 Å². The molecule has 0 bridgehead atoms. The molecule has 0 atom stereocenters. The maximum absolute atomic E-state index is 13.6. The van der Waals surface area contributed by atoms with Crippen LogP contribution in [0.15, 0.2) is 54.7 Å². The lowest BCUT2D eigenvalue weighted by atomic mass is 10.1.